The number of methoxy groups -OCH3 is 1. The number of aliphatic hydroxyl groups excluding tert-OH is 1. The molecular formula is C24H29FN2O6. The van der Waals surface area contributed by atoms with Crippen molar-refractivity contribution in [3.05, 3.63) is 65.5 Å². The number of carbonyl (C=O) groups is 3. The smallest absolute Gasteiger partial charge is 0.328 e. The van der Waals surface area contributed by atoms with Gasteiger partial charge in [0.1, 0.15) is 17.6 Å². The highest BCUT2D eigenvalue weighted by molar-refractivity contribution is 5.97. The summed E-state index contributed by atoms with van der Waals surface area (Å²) in [6, 6.07) is 9.15. The molecule has 33 heavy (non-hydrogen) atoms. The summed E-state index contributed by atoms with van der Waals surface area (Å²) in [7, 11) is 1.19. The van der Waals surface area contributed by atoms with E-state index < -0.39 is 41.8 Å². The topological polar surface area (TPSA) is 125 Å². The summed E-state index contributed by atoms with van der Waals surface area (Å²) in [5.74, 6) is -3.03. The van der Waals surface area contributed by atoms with Crippen LogP contribution >= 0.6 is 0 Å². The van der Waals surface area contributed by atoms with E-state index in [0.29, 0.717) is 5.56 Å². The minimum absolute atomic E-state index is 0.0513. The van der Waals surface area contributed by atoms with Gasteiger partial charge in [0.2, 0.25) is 0 Å². The number of hydrogen-bond donors (Lipinski definition) is 4. The normalized spacial score (nSPS) is 13.6. The molecule has 0 aliphatic carbocycles. The number of rotatable bonds is 10. The van der Waals surface area contributed by atoms with Gasteiger partial charge in [0, 0.05) is 0 Å². The van der Waals surface area contributed by atoms with Crippen LogP contribution in [-0.4, -0.2) is 53.3 Å². The molecule has 2 aromatic rings. The highest BCUT2D eigenvalue weighted by Gasteiger charge is 2.32. The van der Waals surface area contributed by atoms with Gasteiger partial charge in [-0.05, 0) is 48.6 Å². The van der Waals surface area contributed by atoms with Crippen LogP contribution in [0.25, 0.3) is 0 Å². The molecule has 2 rings (SSSR count). The molecule has 0 heterocycles. The van der Waals surface area contributed by atoms with Crippen LogP contribution in [0.3, 0.4) is 0 Å². The summed E-state index contributed by atoms with van der Waals surface area (Å²) in [6.45, 7) is 3.72. The van der Waals surface area contributed by atoms with Crippen molar-refractivity contribution in [3.63, 3.8) is 0 Å². The number of carbonyl (C=O) groups excluding carboxylic acids is 3. The number of benzene rings is 2. The Bertz CT molecular complexity index is 981. The van der Waals surface area contributed by atoms with Crippen LogP contribution in [0.15, 0.2) is 48.5 Å². The number of ether oxygens (including phenoxy) is 1. The van der Waals surface area contributed by atoms with Crippen LogP contribution in [-0.2, 0) is 20.7 Å². The molecule has 0 aliphatic rings. The summed E-state index contributed by atoms with van der Waals surface area (Å²) < 4.78 is 18.4. The molecule has 0 aliphatic heterocycles. The Morgan fingerprint density at radius 2 is 1.76 bits per heavy atom. The number of phenolic OH excluding ortho intramolecular Hbond substituents is 1. The molecule has 0 unspecified atom stereocenters. The number of aliphatic hydroxyl groups is 1. The average Bonchev–Trinajstić information content (AvgIpc) is 2.77. The highest BCUT2D eigenvalue weighted by Crippen LogP contribution is 2.17. The van der Waals surface area contributed by atoms with Gasteiger partial charge < -0.3 is 25.6 Å². The lowest BCUT2D eigenvalue weighted by atomic mass is 9.98. The van der Waals surface area contributed by atoms with Gasteiger partial charge in [0.25, 0.3) is 11.8 Å². The molecule has 0 spiro atoms. The van der Waals surface area contributed by atoms with Crippen molar-refractivity contribution in [1.29, 1.82) is 0 Å². The van der Waals surface area contributed by atoms with Crippen molar-refractivity contribution in [2.45, 2.75) is 44.9 Å². The SMILES string of the molecule is COC(=O)[C@H](CC(C)C)NC(=O)[C@H](O)[C@H](Cc1cccc(F)c1)NC(=O)c1ccccc1O. The van der Waals surface area contributed by atoms with Crippen molar-refractivity contribution in [1.82, 2.24) is 10.6 Å². The quantitative estimate of drug-likeness (QED) is 0.402. The van der Waals surface area contributed by atoms with Crippen molar-refractivity contribution >= 4 is 17.8 Å². The lowest BCUT2D eigenvalue weighted by Crippen LogP contribution is -2.54. The Morgan fingerprint density at radius 1 is 1.06 bits per heavy atom. The predicted molar refractivity (Wildman–Crippen MR) is 119 cm³/mol. The standard InChI is InChI=1S/C24H29FN2O6/c1-14(2)11-19(24(32)33-3)27-23(31)21(29)18(13-15-7-6-8-16(25)12-15)26-22(30)17-9-4-5-10-20(17)28/h4-10,12,14,18-19,21,28-29H,11,13H2,1-3H3,(H,26,30)(H,27,31)/t18-,19-,21+/m0/s1. The van der Waals surface area contributed by atoms with E-state index in [1.807, 2.05) is 13.8 Å². The third kappa shape index (κ3) is 7.57. The number of phenols is 1. The molecular weight excluding hydrogens is 431 g/mol. The second-order valence-corrected chi connectivity index (χ2v) is 8.09. The number of amides is 2. The zero-order chi connectivity index (χ0) is 24.5. The lowest BCUT2D eigenvalue weighted by molar-refractivity contribution is -0.147. The van der Waals surface area contributed by atoms with E-state index in [0.717, 1.165) is 0 Å². The van der Waals surface area contributed by atoms with Gasteiger partial charge in [0.05, 0.1) is 18.7 Å². The maximum atomic E-state index is 13.7. The zero-order valence-electron chi connectivity index (χ0n) is 18.7. The maximum Gasteiger partial charge on any atom is 0.328 e. The molecule has 2 aromatic carbocycles. The van der Waals surface area contributed by atoms with Crippen molar-refractivity contribution in [2.75, 3.05) is 7.11 Å². The van der Waals surface area contributed by atoms with Crippen LogP contribution in [0.2, 0.25) is 0 Å². The fourth-order valence-electron chi connectivity index (χ4n) is 3.34. The molecule has 0 fully saturated rings. The number of esters is 1. The first-order chi connectivity index (χ1) is 15.6. The summed E-state index contributed by atoms with van der Waals surface area (Å²) in [6.07, 6.45) is -1.58. The summed E-state index contributed by atoms with van der Waals surface area (Å²) in [5, 5.41) is 25.7. The van der Waals surface area contributed by atoms with E-state index >= 15 is 0 Å². The number of halogens is 1. The Kier molecular flexibility index (Phi) is 9.35. The third-order valence-electron chi connectivity index (χ3n) is 4.97. The number of aromatic hydroxyl groups is 1. The Labute approximate surface area is 191 Å². The van der Waals surface area contributed by atoms with Gasteiger partial charge in [-0.15, -0.1) is 0 Å². The van der Waals surface area contributed by atoms with E-state index in [-0.39, 0.29) is 30.1 Å². The lowest BCUT2D eigenvalue weighted by Gasteiger charge is -2.26. The minimum Gasteiger partial charge on any atom is -0.507 e. The van der Waals surface area contributed by atoms with Crippen LogP contribution in [0.1, 0.15) is 36.2 Å². The molecule has 0 saturated carbocycles. The van der Waals surface area contributed by atoms with Gasteiger partial charge in [-0.2, -0.15) is 0 Å². The summed E-state index contributed by atoms with van der Waals surface area (Å²) in [5.41, 5.74) is 0.373. The van der Waals surface area contributed by atoms with Crippen LogP contribution in [0, 0.1) is 11.7 Å². The highest BCUT2D eigenvalue weighted by atomic mass is 19.1. The summed E-state index contributed by atoms with van der Waals surface area (Å²) >= 11 is 0. The summed E-state index contributed by atoms with van der Waals surface area (Å²) in [4.78, 5) is 37.6. The molecule has 0 radical (unpaired) electrons. The Morgan fingerprint density at radius 3 is 2.36 bits per heavy atom. The number of para-hydroxylation sites is 1. The molecule has 2 amide bonds. The van der Waals surface area contributed by atoms with Gasteiger partial charge in [0.15, 0.2) is 6.10 Å². The monoisotopic (exact) mass is 460 g/mol. The van der Waals surface area contributed by atoms with Gasteiger partial charge in [-0.1, -0.05) is 38.1 Å². The molecule has 0 bridgehead atoms. The second kappa shape index (κ2) is 12.0. The first-order valence-electron chi connectivity index (χ1n) is 10.5. The van der Waals surface area contributed by atoms with E-state index in [1.54, 1.807) is 18.2 Å². The number of nitrogens with one attached hydrogen (secondary N) is 2. The van der Waals surface area contributed by atoms with E-state index in [9.17, 15) is 29.0 Å². The van der Waals surface area contributed by atoms with Gasteiger partial charge >= 0.3 is 5.97 Å². The molecule has 9 heteroatoms. The van der Waals surface area contributed by atoms with E-state index in [1.165, 1.54) is 37.4 Å². The fraction of sp³-hybridized carbons (Fsp3) is 0.375. The van der Waals surface area contributed by atoms with Gasteiger partial charge in [-0.3, -0.25) is 9.59 Å². The van der Waals surface area contributed by atoms with Crippen molar-refractivity contribution < 1.29 is 33.7 Å². The number of hydrogen-bond acceptors (Lipinski definition) is 6. The Balaban J connectivity index is 2.26. The zero-order valence-corrected chi connectivity index (χ0v) is 18.7. The average molecular weight is 461 g/mol. The molecule has 178 valence electrons. The molecule has 4 N–H and O–H groups in total. The third-order valence-corrected chi connectivity index (χ3v) is 4.97. The van der Waals surface area contributed by atoms with Crippen LogP contribution in [0.4, 0.5) is 4.39 Å². The molecule has 0 saturated heterocycles. The van der Waals surface area contributed by atoms with Gasteiger partial charge in [-0.25, -0.2) is 9.18 Å². The van der Waals surface area contributed by atoms with Crippen molar-refractivity contribution in [3.8, 4) is 5.75 Å². The second-order valence-electron chi connectivity index (χ2n) is 8.09. The first kappa shape index (κ1) is 25.8. The molecule has 3 atom stereocenters. The Hall–Kier alpha value is -3.46. The minimum atomic E-state index is -1.78. The van der Waals surface area contributed by atoms with E-state index in [2.05, 4.69) is 10.6 Å². The fourth-order valence-corrected chi connectivity index (χ4v) is 3.34. The van der Waals surface area contributed by atoms with Crippen molar-refractivity contribution in [2.24, 2.45) is 5.92 Å². The largest absolute Gasteiger partial charge is 0.507 e. The van der Waals surface area contributed by atoms with E-state index in [4.69, 9.17) is 4.74 Å². The van der Waals surface area contributed by atoms with Crippen LogP contribution in [0.5, 0.6) is 5.75 Å². The van der Waals surface area contributed by atoms with Crippen LogP contribution < -0.4 is 10.6 Å². The predicted octanol–water partition coefficient (Wildman–Crippen LogP) is 1.94. The maximum absolute atomic E-state index is 13.7. The first-order valence-corrected chi connectivity index (χ1v) is 10.5. The molecule has 8 nitrogen and oxygen atoms in total. The molecule has 0 aromatic heterocycles.